The van der Waals surface area contributed by atoms with Crippen LogP contribution in [0.15, 0.2) is 24.3 Å². The summed E-state index contributed by atoms with van der Waals surface area (Å²) in [6.45, 7) is 0. The summed E-state index contributed by atoms with van der Waals surface area (Å²) in [5.74, 6) is -2.92. The molecule has 0 aliphatic carbocycles. The highest BCUT2D eigenvalue weighted by atomic mass is 19.1. The molecule has 0 radical (unpaired) electrons. The molecule has 0 spiro atoms. The van der Waals surface area contributed by atoms with Crippen LogP contribution in [-0.4, -0.2) is 10.2 Å². The molecule has 0 aliphatic heterocycles. The first-order valence-corrected chi connectivity index (χ1v) is 3.90. The third-order valence-electron chi connectivity index (χ3n) is 2.02. The summed E-state index contributed by atoms with van der Waals surface area (Å²) in [6.07, 6.45) is 0. The Labute approximate surface area is 78.0 Å². The Morgan fingerprint density at radius 3 is 2.43 bits per heavy atom. The van der Waals surface area contributed by atoms with E-state index in [0.717, 1.165) is 0 Å². The maximum absolute atomic E-state index is 13.2. The zero-order chi connectivity index (χ0) is 10.3. The molecule has 0 fully saturated rings. The summed E-state index contributed by atoms with van der Waals surface area (Å²) < 4.78 is 26.0. The molecule has 0 amide bonds. The first-order chi connectivity index (χ1) is 6.61. The SMILES string of the molecule is Oc1c(F)cc(F)c2c(O)cccc12. The lowest BCUT2D eigenvalue weighted by atomic mass is 10.1. The van der Waals surface area contributed by atoms with E-state index in [1.807, 2.05) is 0 Å². The Bertz CT molecular complexity index is 509. The molecule has 0 atom stereocenters. The molecule has 14 heavy (non-hydrogen) atoms. The average molecular weight is 196 g/mol. The molecule has 0 bridgehead atoms. The van der Waals surface area contributed by atoms with Gasteiger partial charge >= 0.3 is 0 Å². The second kappa shape index (κ2) is 2.83. The number of benzene rings is 2. The topological polar surface area (TPSA) is 40.5 Å². The summed E-state index contributed by atoms with van der Waals surface area (Å²) in [5, 5.41) is 18.3. The lowest BCUT2D eigenvalue weighted by Crippen LogP contribution is -1.85. The first kappa shape index (κ1) is 8.74. The minimum absolute atomic E-state index is 0.0394. The molecule has 0 aromatic heterocycles. The van der Waals surface area contributed by atoms with E-state index in [-0.39, 0.29) is 16.5 Å². The molecule has 0 aliphatic rings. The predicted octanol–water partition coefficient (Wildman–Crippen LogP) is 2.53. The highest BCUT2D eigenvalue weighted by molar-refractivity contribution is 5.93. The van der Waals surface area contributed by atoms with E-state index < -0.39 is 17.4 Å². The van der Waals surface area contributed by atoms with E-state index in [1.165, 1.54) is 18.2 Å². The van der Waals surface area contributed by atoms with E-state index in [1.54, 1.807) is 0 Å². The van der Waals surface area contributed by atoms with Gasteiger partial charge in [0.15, 0.2) is 11.6 Å². The van der Waals surface area contributed by atoms with Crippen LogP contribution in [0.1, 0.15) is 0 Å². The van der Waals surface area contributed by atoms with Gasteiger partial charge in [-0.15, -0.1) is 0 Å². The molecule has 2 aromatic rings. The predicted molar refractivity (Wildman–Crippen MR) is 47.2 cm³/mol. The fourth-order valence-electron chi connectivity index (χ4n) is 1.37. The highest BCUT2D eigenvalue weighted by Gasteiger charge is 2.13. The zero-order valence-corrected chi connectivity index (χ0v) is 6.96. The number of phenols is 2. The van der Waals surface area contributed by atoms with Crippen molar-refractivity contribution in [2.24, 2.45) is 0 Å². The fraction of sp³-hybridized carbons (Fsp3) is 0. The van der Waals surface area contributed by atoms with Crippen LogP contribution in [0.2, 0.25) is 0 Å². The van der Waals surface area contributed by atoms with Gasteiger partial charge in [0.2, 0.25) is 0 Å². The average Bonchev–Trinajstić information content (AvgIpc) is 2.14. The number of hydrogen-bond donors (Lipinski definition) is 2. The van der Waals surface area contributed by atoms with Crippen LogP contribution in [0.5, 0.6) is 11.5 Å². The van der Waals surface area contributed by atoms with Crippen molar-refractivity contribution in [1.29, 1.82) is 0 Å². The highest BCUT2D eigenvalue weighted by Crippen LogP contribution is 2.34. The Morgan fingerprint density at radius 1 is 1.00 bits per heavy atom. The maximum Gasteiger partial charge on any atom is 0.168 e. The molecule has 2 rings (SSSR count). The van der Waals surface area contributed by atoms with Gasteiger partial charge in [0, 0.05) is 11.5 Å². The van der Waals surface area contributed by atoms with E-state index in [9.17, 15) is 19.0 Å². The van der Waals surface area contributed by atoms with Gasteiger partial charge < -0.3 is 10.2 Å². The minimum Gasteiger partial charge on any atom is -0.507 e. The molecule has 72 valence electrons. The second-order valence-electron chi connectivity index (χ2n) is 2.89. The molecule has 0 unspecified atom stereocenters. The Balaban J connectivity index is 3.02. The van der Waals surface area contributed by atoms with Crippen LogP contribution in [0, 0.1) is 11.6 Å². The Hall–Kier alpha value is -1.84. The molecule has 0 saturated heterocycles. The fourth-order valence-corrected chi connectivity index (χ4v) is 1.37. The monoisotopic (exact) mass is 196 g/mol. The number of fused-ring (bicyclic) bond motifs is 1. The number of phenolic OH excluding ortho intramolecular Hbond substituents is 2. The summed E-state index contributed by atoms with van der Waals surface area (Å²) >= 11 is 0. The Kier molecular flexibility index (Phi) is 1.77. The summed E-state index contributed by atoms with van der Waals surface area (Å²) in [4.78, 5) is 0. The van der Waals surface area contributed by atoms with Gasteiger partial charge in [0.05, 0.1) is 5.39 Å². The third kappa shape index (κ3) is 1.08. The van der Waals surface area contributed by atoms with Crippen LogP contribution >= 0.6 is 0 Å². The Morgan fingerprint density at radius 2 is 1.71 bits per heavy atom. The number of rotatable bonds is 0. The number of hydrogen-bond acceptors (Lipinski definition) is 2. The van der Waals surface area contributed by atoms with E-state index in [2.05, 4.69) is 0 Å². The van der Waals surface area contributed by atoms with Gasteiger partial charge in [0.25, 0.3) is 0 Å². The van der Waals surface area contributed by atoms with Crippen molar-refractivity contribution in [1.82, 2.24) is 0 Å². The number of aromatic hydroxyl groups is 2. The van der Waals surface area contributed by atoms with Gasteiger partial charge in [-0.2, -0.15) is 0 Å². The van der Waals surface area contributed by atoms with Crippen LogP contribution in [0.4, 0.5) is 8.78 Å². The normalized spacial score (nSPS) is 10.7. The van der Waals surface area contributed by atoms with Crippen molar-refractivity contribution in [3.05, 3.63) is 35.9 Å². The van der Waals surface area contributed by atoms with E-state index in [0.29, 0.717) is 6.07 Å². The van der Waals surface area contributed by atoms with Gasteiger partial charge in [0.1, 0.15) is 11.6 Å². The first-order valence-electron chi connectivity index (χ1n) is 3.90. The molecule has 0 heterocycles. The quantitative estimate of drug-likeness (QED) is 0.679. The molecule has 0 saturated carbocycles. The van der Waals surface area contributed by atoms with E-state index in [4.69, 9.17) is 0 Å². The summed E-state index contributed by atoms with van der Waals surface area (Å²) in [7, 11) is 0. The summed E-state index contributed by atoms with van der Waals surface area (Å²) in [5.41, 5.74) is 0. The van der Waals surface area contributed by atoms with Gasteiger partial charge in [-0.1, -0.05) is 12.1 Å². The zero-order valence-electron chi connectivity index (χ0n) is 6.96. The van der Waals surface area contributed by atoms with Crippen molar-refractivity contribution >= 4 is 10.8 Å². The van der Waals surface area contributed by atoms with E-state index >= 15 is 0 Å². The smallest absolute Gasteiger partial charge is 0.168 e. The maximum atomic E-state index is 13.2. The van der Waals surface area contributed by atoms with Gasteiger partial charge in [-0.25, -0.2) is 8.78 Å². The van der Waals surface area contributed by atoms with Crippen LogP contribution < -0.4 is 0 Å². The standard InChI is InChI=1S/C10H6F2O2/c11-6-4-7(12)10(14)5-2-1-3-8(13)9(5)6/h1-4,13-14H. The minimum atomic E-state index is -1.04. The van der Waals surface area contributed by atoms with Crippen LogP contribution in [0.25, 0.3) is 10.8 Å². The van der Waals surface area contributed by atoms with Crippen molar-refractivity contribution in [3.63, 3.8) is 0 Å². The molecule has 2 aromatic carbocycles. The second-order valence-corrected chi connectivity index (χ2v) is 2.89. The van der Waals surface area contributed by atoms with Crippen molar-refractivity contribution in [3.8, 4) is 11.5 Å². The molecule has 4 heteroatoms. The summed E-state index contributed by atoms with van der Waals surface area (Å²) in [6, 6.07) is 4.53. The van der Waals surface area contributed by atoms with Crippen molar-refractivity contribution < 1.29 is 19.0 Å². The van der Waals surface area contributed by atoms with Crippen LogP contribution in [0.3, 0.4) is 0 Å². The molecule has 2 nitrogen and oxygen atoms in total. The molecular formula is C10H6F2O2. The molecular weight excluding hydrogens is 190 g/mol. The lowest BCUT2D eigenvalue weighted by Gasteiger charge is -2.04. The largest absolute Gasteiger partial charge is 0.507 e. The molecule has 2 N–H and O–H groups in total. The number of halogens is 2. The van der Waals surface area contributed by atoms with Gasteiger partial charge in [-0.05, 0) is 6.07 Å². The third-order valence-corrected chi connectivity index (χ3v) is 2.02. The van der Waals surface area contributed by atoms with Crippen molar-refractivity contribution in [2.45, 2.75) is 0 Å². The van der Waals surface area contributed by atoms with Crippen molar-refractivity contribution in [2.75, 3.05) is 0 Å². The van der Waals surface area contributed by atoms with Gasteiger partial charge in [-0.3, -0.25) is 0 Å². The lowest BCUT2D eigenvalue weighted by molar-refractivity contribution is 0.433. The van der Waals surface area contributed by atoms with Crippen LogP contribution in [-0.2, 0) is 0 Å².